The molecule has 1 radical (unpaired) electrons. The summed E-state index contributed by atoms with van der Waals surface area (Å²) in [7, 11) is -1.40. The molecule has 28 heteroatoms. The minimum Gasteiger partial charge on any atom is -0.449 e. The molecule has 2 aliphatic carbocycles. The van der Waals surface area contributed by atoms with Gasteiger partial charge in [-0.05, 0) is 164 Å². The molecule has 2 saturated heterocycles. The molecule has 2 saturated carbocycles. The van der Waals surface area contributed by atoms with E-state index in [1.165, 1.54) is 72.3 Å². The highest BCUT2D eigenvalue weighted by atomic mass is 79.9. The van der Waals surface area contributed by atoms with E-state index in [1.54, 1.807) is 44.4 Å². The highest BCUT2D eigenvalue weighted by Crippen LogP contribution is 2.44. The number of aromatic nitrogens is 8. The molecule has 7 aromatic rings. The SMILES string of the molecule is C#Cc1cnc(-c2ccc(C(C)=O)s2)nc1Nc1cc(C2CC2)[nH]n1.CC(=O)c1ccc(Br)s1.CC(=O)c1ccc([B]O)s1.CC1(C)OB(B2OC(C)(C)C(C)(C)O2)OC1(C)C.C[Si](C)(C)C#Cc1cnc(Br)nc1Nc1cc(C2CC2)[nH]n1.O. The average molecular weight is 1360 g/mol. The Morgan fingerprint density at radius 2 is 1.13 bits per heavy atom. The molecule has 4 aliphatic rings. The number of Topliss-reactive ketones (excluding diaryl/α,β-unsaturated/α-hetero) is 3. The lowest BCUT2D eigenvalue weighted by molar-refractivity contribution is 0.00578. The van der Waals surface area contributed by atoms with Crippen molar-refractivity contribution in [3.63, 3.8) is 0 Å². The molecular weight excluding hydrogens is 1290 g/mol. The van der Waals surface area contributed by atoms with Crippen LogP contribution in [-0.4, -0.2) is 120 Å². The van der Waals surface area contributed by atoms with E-state index < -0.39 is 22.1 Å². The Kier molecular flexibility index (Phi) is 23.1. The van der Waals surface area contributed by atoms with Crippen molar-refractivity contribution in [2.24, 2.45) is 0 Å². The third kappa shape index (κ3) is 19.0. The number of H-pyrrole nitrogens is 2. The van der Waals surface area contributed by atoms with Gasteiger partial charge in [0.25, 0.3) is 0 Å². The number of halogens is 2. The van der Waals surface area contributed by atoms with Crippen LogP contribution in [0.25, 0.3) is 10.7 Å². The molecule has 7 N–H and O–H groups in total. The molecule has 0 aromatic carbocycles. The first-order valence-corrected chi connectivity index (χ1v) is 34.6. The quantitative estimate of drug-likeness (QED) is 0.0329. The molecule has 7 aromatic heterocycles. The summed E-state index contributed by atoms with van der Waals surface area (Å²) in [5.74, 6) is 10.4. The average Bonchev–Trinajstić information content (AvgIpc) is 3.15. The molecule has 2 aliphatic heterocycles. The first-order valence-electron chi connectivity index (χ1n) is 27.1. The topological polar surface area (TPSA) is 273 Å². The summed E-state index contributed by atoms with van der Waals surface area (Å²) in [4.78, 5) is 53.2. The zero-order valence-corrected chi connectivity index (χ0v) is 56.7. The van der Waals surface area contributed by atoms with Crippen LogP contribution in [-0.2, 0) is 18.6 Å². The molecule has 4 fully saturated rings. The van der Waals surface area contributed by atoms with Gasteiger partial charge in [-0.25, -0.2) is 19.9 Å². The lowest BCUT2D eigenvalue weighted by Gasteiger charge is -2.32. The van der Waals surface area contributed by atoms with Gasteiger partial charge in [-0.3, -0.25) is 24.6 Å². The van der Waals surface area contributed by atoms with Crippen molar-refractivity contribution in [3.8, 4) is 34.5 Å². The number of nitrogens with one attached hydrogen (secondary N) is 4. The highest BCUT2D eigenvalue weighted by Gasteiger charge is 2.63. The highest BCUT2D eigenvalue weighted by molar-refractivity contribution is 9.11. The monoisotopic (exact) mass is 1350 g/mol. The zero-order valence-electron chi connectivity index (χ0n) is 50.0. The molecular formula is C57H70B3Br2N10O9S3Si. The minimum atomic E-state index is -1.45. The summed E-state index contributed by atoms with van der Waals surface area (Å²) in [6.07, 6.45) is 13.8. The van der Waals surface area contributed by atoms with Gasteiger partial charge in [-0.2, -0.15) is 10.2 Å². The van der Waals surface area contributed by atoms with Crippen LogP contribution >= 0.6 is 65.9 Å². The zero-order chi connectivity index (χ0) is 61.5. The molecule has 0 unspecified atom stereocenters. The van der Waals surface area contributed by atoms with E-state index in [1.807, 2.05) is 85.7 Å². The molecule has 19 nitrogen and oxygen atoms in total. The molecule has 11 rings (SSSR count). The van der Waals surface area contributed by atoms with Gasteiger partial charge >= 0.3 is 21.5 Å². The molecule has 447 valence electrons. The molecule has 0 amide bonds. The van der Waals surface area contributed by atoms with Gasteiger partial charge in [0.05, 0.1) is 56.8 Å². The predicted molar refractivity (Wildman–Crippen MR) is 351 cm³/mol. The Labute approximate surface area is 528 Å². The second-order valence-corrected chi connectivity index (χ2v) is 33.4. The first kappa shape index (κ1) is 68.7. The summed E-state index contributed by atoms with van der Waals surface area (Å²) in [5.41, 5.74) is 5.57. The van der Waals surface area contributed by atoms with Crippen LogP contribution in [0.5, 0.6) is 0 Å². The number of anilines is 4. The molecule has 9 heterocycles. The standard InChI is InChI=1S/C18H15N5OS.C15H18BrN5Si.C12H24B2O4.C6H6BO2S.C6H5BrOS.H2O/c1-3-11-9-19-18(15-7-6-14(25-15)10(2)24)21-17(11)20-16-8-13(22-23-16)12-4-5-12;1-22(2,3)7-6-11-9-17-15(16)19-14(11)18-13-8-12(20-21-13)10-4-5-10;1-9(2)10(3,4)16-13(15-9)14-17-11(5,6)12(7,8)18-14;1-4(8)5-2-3-6(7-9)10-5;1-4(8)5-2-3-6(7)9-5;/h1,6-9,12H,4-5H2,2H3,(H2,19,20,21,22,23);8-10H,4-5H2,1-3H3,(H2,17,18,19,20,21);1-8H3;2-3,9H,1H3;2-3H,1H3;1H2. The van der Waals surface area contributed by atoms with Crippen LogP contribution in [0.4, 0.5) is 23.3 Å². The molecule has 0 bridgehead atoms. The van der Waals surface area contributed by atoms with E-state index in [0.29, 0.717) is 59.9 Å². The summed E-state index contributed by atoms with van der Waals surface area (Å²) >= 11 is 10.7. The van der Waals surface area contributed by atoms with Crippen molar-refractivity contribution < 1.29 is 43.5 Å². The number of hydrogen-bond acceptors (Lipinski definition) is 19. The van der Waals surface area contributed by atoms with Gasteiger partial charge in [0.1, 0.15) is 8.07 Å². The van der Waals surface area contributed by atoms with Crippen LogP contribution < -0.4 is 15.4 Å². The van der Waals surface area contributed by atoms with E-state index in [4.69, 9.17) is 30.1 Å². The largest absolute Gasteiger partial charge is 0.488 e. The van der Waals surface area contributed by atoms with E-state index >= 15 is 0 Å². The number of hydrogen-bond donors (Lipinski definition) is 5. The number of terminal acetylenes is 1. The number of aromatic amines is 2. The fraction of sp³-hybridized carbons (Fsp3) is 0.421. The van der Waals surface area contributed by atoms with Crippen molar-refractivity contribution in [2.75, 3.05) is 10.6 Å². The summed E-state index contributed by atoms with van der Waals surface area (Å²) in [6, 6.07) is 14.8. The fourth-order valence-electron chi connectivity index (χ4n) is 7.52. The second-order valence-electron chi connectivity index (χ2n) is 23.2. The lowest BCUT2D eigenvalue weighted by Crippen LogP contribution is -2.41. The van der Waals surface area contributed by atoms with Gasteiger partial charge in [0, 0.05) is 52.5 Å². The predicted octanol–water partition coefficient (Wildman–Crippen LogP) is 11.9. The van der Waals surface area contributed by atoms with Crippen molar-refractivity contribution >= 4 is 141 Å². The molecule has 0 atom stereocenters. The van der Waals surface area contributed by atoms with Gasteiger partial charge in [-0.15, -0.1) is 46.0 Å². The van der Waals surface area contributed by atoms with Gasteiger partial charge in [0.15, 0.2) is 51.2 Å². The minimum absolute atomic E-state index is 0. The van der Waals surface area contributed by atoms with E-state index in [-0.39, 0.29) is 45.2 Å². The van der Waals surface area contributed by atoms with Crippen molar-refractivity contribution in [3.05, 3.63) is 107 Å². The maximum Gasteiger partial charge on any atom is 0.488 e. The fourth-order valence-corrected chi connectivity index (χ4v) is 11.2. The van der Waals surface area contributed by atoms with Gasteiger partial charge in [0.2, 0.25) is 0 Å². The van der Waals surface area contributed by atoms with Crippen molar-refractivity contribution in [2.45, 2.75) is 156 Å². The lowest BCUT2D eigenvalue weighted by atomic mass is 9.49. The summed E-state index contributed by atoms with van der Waals surface area (Å²) < 4.78 is 26.1. The molecule has 0 spiro atoms. The van der Waals surface area contributed by atoms with Gasteiger partial charge in [-0.1, -0.05) is 37.5 Å². The number of nitrogens with zero attached hydrogens (tertiary/aromatic N) is 6. The van der Waals surface area contributed by atoms with E-state index in [9.17, 15) is 14.4 Å². The smallest absolute Gasteiger partial charge is 0.449 e. The summed E-state index contributed by atoms with van der Waals surface area (Å²) in [5, 5.41) is 29.6. The van der Waals surface area contributed by atoms with E-state index in [2.05, 4.69) is 120 Å². The number of carbonyl (C=O) groups is 3. The van der Waals surface area contributed by atoms with Crippen LogP contribution in [0.2, 0.25) is 19.6 Å². The van der Waals surface area contributed by atoms with Crippen molar-refractivity contribution in [1.82, 2.24) is 40.3 Å². The van der Waals surface area contributed by atoms with Crippen LogP contribution in [0.1, 0.15) is 165 Å². The number of carbonyl (C=O) groups excluding carboxylic acids is 3. The first-order chi connectivity index (χ1) is 39.4. The van der Waals surface area contributed by atoms with Gasteiger partial charge < -0.3 is 39.8 Å². The summed E-state index contributed by atoms with van der Waals surface area (Å²) in [6.45, 7) is 27.5. The van der Waals surface area contributed by atoms with Crippen LogP contribution in [0, 0.1) is 23.8 Å². The number of ketones is 3. The maximum absolute atomic E-state index is 11.5. The third-order valence-electron chi connectivity index (χ3n) is 14.0. The Balaban J connectivity index is 0.000000178. The van der Waals surface area contributed by atoms with Crippen LogP contribution in [0.15, 0.2) is 69.4 Å². The molecule has 85 heavy (non-hydrogen) atoms. The third-order valence-corrected chi connectivity index (χ3v) is 19.2. The Morgan fingerprint density at radius 1 is 0.682 bits per heavy atom. The Morgan fingerprint density at radius 3 is 1.52 bits per heavy atom. The normalized spacial score (nSPS) is 16.6. The van der Waals surface area contributed by atoms with E-state index in [0.717, 1.165) is 38.1 Å². The van der Waals surface area contributed by atoms with Crippen LogP contribution in [0.3, 0.4) is 0 Å². The van der Waals surface area contributed by atoms with Crippen molar-refractivity contribution in [1.29, 1.82) is 0 Å². The second kappa shape index (κ2) is 28.6. The number of rotatable bonds is 12. The maximum atomic E-state index is 11.5. The Bertz CT molecular complexity index is 3530. The Hall–Kier alpha value is -5.46. The number of thiophene rings is 3.